The third-order valence-corrected chi connectivity index (χ3v) is 6.80. The zero-order valence-electron chi connectivity index (χ0n) is 18.2. The molecule has 1 aromatic heterocycles. The number of aromatic nitrogens is 2. The number of benzene rings is 2. The molecule has 0 fully saturated rings. The minimum Gasteiger partial charge on any atom is -0.364 e. The minimum atomic E-state index is -3.50. The van der Waals surface area contributed by atoms with Crippen LogP contribution < -0.4 is 14.5 Å². The topological polar surface area (TPSA) is 87.7 Å². The number of nitrogens with zero attached hydrogens (tertiary/aromatic N) is 4. The number of hydrogen-bond acceptors (Lipinski definition) is 7. The van der Waals surface area contributed by atoms with Crippen LogP contribution in [0.25, 0.3) is 0 Å². The molecule has 0 bridgehead atoms. The van der Waals surface area contributed by atoms with Crippen LogP contribution in [0.4, 0.5) is 23.0 Å². The van der Waals surface area contributed by atoms with Gasteiger partial charge in [0.1, 0.15) is 6.73 Å². The molecule has 4 rings (SSSR count). The molecule has 0 spiro atoms. The summed E-state index contributed by atoms with van der Waals surface area (Å²) in [6.07, 6.45) is 4.83. The van der Waals surface area contributed by atoms with Gasteiger partial charge in [-0.15, -0.1) is 0 Å². The highest BCUT2D eigenvalue weighted by Gasteiger charge is 2.29. The molecule has 1 aliphatic heterocycles. The second-order valence-electron chi connectivity index (χ2n) is 7.61. The van der Waals surface area contributed by atoms with E-state index in [-0.39, 0.29) is 4.90 Å². The average Bonchev–Trinajstić information content (AvgIpc) is 2.80. The summed E-state index contributed by atoms with van der Waals surface area (Å²) in [4.78, 5) is 13.5. The number of rotatable bonds is 9. The smallest absolute Gasteiger partial charge is 0.240 e. The molecule has 1 aliphatic rings. The lowest BCUT2D eigenvalue weighted by molar-refractivity contribution is 0.205. The molecule has 3 aromatic rings. The van der Waals surface area contributed by atoms with Crippen molar-refractivity contribution < 1.29 is 13.2 Å². The zero-order chi connectivity index (χ0) is 22.6. The number of hydrogen-bond donors (Lipinski definition) is 1. The number of sulfonamides is 1. The molecule has 0 unspecified atom stereocenters. The van der Waals surface area contributed by atoms with Gasteiger partial charge in [-0.25, -0.2) is 23.1 Å². The fourth-order valence-corrected chi connectivity index (χ4v) is 4.82. The first-order chi connectivity index (χ1) is 15.5. The van der Waals surface area contributed by atoms with Gasteiger partial charge in [0, 0.05) is 32.6 Å². The number of methoxy groups -OCH3 is 1. The fourth-order valence-electron chi connectivity index (χ4n) is 3.74. The lowest BCUT2D eigenvalue weighted by Crippen LogP contribution is -2.33. The van der Waals surface area contributed by atoms with Crippen molar-refractivity contribution in [2.24, 2.45) is 0 Å². The van der Waals surface area contributed by atoms with E-state index >= 15 is 0 Å². The molecular weight excluding hydrogens is 426 g/mol. The first kappa shape index (κ1) is 22.2. The largest absolute Gasteiger partial charge is 0.364 e. The molecule has 32 heavy (non-hydrogen) atoms. The van der Waals surface area contributed by atoms with Crippen molar-refractivity contribution in [2.75, 3.05) is 36.7 Å². The number of ether oxygens (including phenoxy) is 1. The Morgan fingerprint density at radius 1 is 0.906 bits per heavy atom. The van der Waals surface area contributed by atoms with Gasteiger partial charge in [0.25, 0.3) is 0 Å². The van der Waals surface area contributed by atoms with Crippen LogP contribution in [0.15, 0.2) is 65.8 Å². The van der Waals surface area contributed by atoms with Crippen LogP contribution in [0.2, 0.25) is 0 Å². The molecule has 1 N–H and O–H groups in total. The van der Waals surface area contributed by atoms with Crippen LogP contribution in [-0.2, 0) is 14.8 Å². The SMILES string of the molecule is COCN1c2ccccc2N(CCCCNS(=O)(=O)c2ccc(C)cc2)c2nccnc21. The van der Waals surface area contributed by atoms with Gasteiger partial charge in [-0.2, -0.15) is 0 Å². The van der Waals surface area contributed by atoms with E-state index in [9.17, 15) is 8.42 Å². The van der Waals surface area contributed by atoms with Gasteiger partial charge < -0.3 is 9.64 Å². The van der Waals surface area contributed by atoms with E-state index in [4.69, 9.17) is 4.74 Å². The van der Waals surface area contributed by atoms with Crippen LogP contribution in [0, 0.1) is 6.92 Å². The van der Waals surface area contributed by atoms with Crippen LogP contribution in [0.1, 0.15) is 18.4 Å². The van der Waals surface area contributed by atoms with Gasteiger partial charge in [-0.3, -0.25) is 4.90 Å². The van der Waals surface area contributed by atoms with E-state index in [1.807, 2.05) is 30.0 Å². The van der Waals surface area contributed by atoms with Crippen molar-refractivity contribution in [3.05, 3.63) is 66.5 Å². The van der Waals surface area contributed by atoms with Crippen molar-refractivity contribution in [2.45, 2.75) is 24.7 Å². The van der Waals surface area contributed by atoms with Crippen molar-refractivity contribution in [1.29, 1.82) is 0 Å². The molecule has 8 nitrogen and oxygen atoms in total. The van der Waals surface area contributed by atoms with Gasteiger partial charge in [0.2, 0.25) is 10.0 Å². The van der Waals surface area contributed by atoms with Gasteiger partial charge >= 0.3 is 0 Å². The van der Waals surface area contributed by atoms with E-state index < -0.39 is 10.0 Å². The summed E-state index contributed by atoms with van der Waals surface area (Å²) in [6, 6.07) is 14.9. The molecule has 2 heterocycles. The van der Waals surface area contributed by atoms with Gasteiger partial charge in [-0.1, -0.05) is 29.8 Å². The molecule has 9 heteroatoms. The van der Waals surface area contributed by atoms with E-state index in [2.05, 4.69) is 25.7 Å². The lowest BCUT2D eigenvalue weighted by atomic mass is 10.1. The molecule has 0 saturated carbocycles. The monoisotopic (exact) mass is 453 g/mol. The molecule has 2 aromatic carbocycles. The van der Waals surface area contributed by atoms with Crippen LogP contribution in [0.5, 0.6) is 0 Å². The average molecular weight is 454 g/mol. The number of unbranched alkanes of at least 4 members (excludes halogenated alkanes) is 1. The second-order valence-corrected chi connectivity index (χ2v) is 9.37. The Balaban J connectivity index is 1.43. The summed E-state index contributed by atoms with van der Waals surface area (Å²) in [5, 5.41) is 0. The molecule has 0 amide bonds. The highest BCUT2D eigenvalue weighted by atomic mass is 32.2. The second kappa shape index (κ2) is 9.64. The predicted molar refractivity (Wildman–Crippen MR) is 125 cm³/mol. The third kappa shape index (κ3) is 4.59. The Labute approximate surface area is 188 Å². The first-order valence-corrected chi connectivity index (χ1v) is 12.0. The number of fused-ring (bicyclic) bond motifs is 2. The summed E-state index contributed by atoms with van der Waals surface area (Å²) in [5.41, 5.74) is 3.05. The maximum Gasteiger partial charge on any atom is 0.240 e. The Hall–Kier alpha value is -3.01. The molecular formula is C23H27N5O3S. The molecule has 168 valence electrons. The Bertz CT molecular complexity index is 1120. The molecule has 0 radical (unpaired) electrons. The van der Waals surface area contributed by atoms with E-state index in [1.165, 1.54) is 0 Å². The number of aryl methyl sites for hydroxylation is 1. The summed E-state index contributed by atoms with van der Waals surface area (Å²) in [5.74, 6) is 1.51. The third-order valence-electron chi connectivity index (χ3n) is 5.33. The van der Waals surface area contributed by atoms with E-state index in [0.717, 1.165) is 35.0 Å². The standard InChI is InChI=1S/C23H27N5O3S/c1-18-9-11-19(12-10-18)32(29,30)26-13-5-6-16-27-20-7-3-4-8-21(20)28(17-31-2)23-22(27)24-14-15-25-23/h3-4,7-12,14-15,26H,5-6,13,16-17H2,1-2H3. The predicted octanol–water partition coefficient (Wildman–Crippen LogP) is 3.74. The Morgan fingerprint density at radius 2 is 1.53 bits per heavy atom. The van der Waals surface area contributed by atoms with Crippen LogP contribution >= 0.6 is 0 Å². The quantitative estimate of drug-likeness (QED) is 0.494. The number of nitrogens with one attached hydrogen (secondary N) is 1. The van der Waals surface area contributed by atoms with Gasteiger partial charge in [0.15, 0.2) is 11.6 Å². The molecule has 0 aliphatic carbocycles. The number of anilines is 4. The van der Waals surface area contributed by atoms with Crippen molar-refractivity contribution in [3.8, 4) is 0 Å². The lowest BCUT2D eigenvalue weighted by Gasteiger charge is -2.37. The maximum atomic E-state index is 12.5. The van der Waals surface area contributed by atoms with Crippen molar-refractivity contribution in [3.63, 3.8) is 0 Å². The summed E-state index contributed by atoms with van der Waals surface area (Å²) in [6.45, 7) is 3.36. The van der Waals surface area contributed by atoms with Crippen molar-refractivity contribution >= 4 is 33.0 Å². The molecule has 0 atom stereocenters. The summed E-state index contributed by atoms with van der Waals surface area (Å²) in [7, 11) is -1.84. The minimum absolute atomic E-state index is 0.287. The first-order valence-electron chi connectivity index (χ1n) is 10.5. The van der Waals surface area contributed by atoms with Gasteiger partial charge in [0.05, 0.1) is 16.3 Å². The Kier molecular flexibility index (Phi) is 6.69. The molecule has 0 saturated heterocycles. The highest BCUT2D eigenvalue weighted by Crippen LogP contribution is 2.45. The van der Waals surface area contributed by atoms with E-state index in [0.29, 0.717) is 26.2 Å². The van der Waals surface area contributed by atoms with Crippen LogP contribution in [0.3, 0.4) is 0 Å². The normalized spacial score (nSPS) is 13.1. The summed E-state index contributed by atoms with van der Waals surface area (Å²) >= 11 is 0. The fraction of sp³-hybridized carbons (Fsp3) is 0.304. The van der Waals surface area contributed by atoms with Crippen LogP contribution in [-0.4, -0.2) is 45.3 Å². The Morgan fingerprint density at radius 3 is 2.19 bits per heavy atom. The zero-order valence-corrected chi connectivity index (χ0v) is 19.0. The van der Waals surface area contributed by atoms with Crippen molar-refractivity contribution in [1.82, 2.24) is 14.7 Å². The highest BCUT2D eigenvalue weighted by molar-refractivity contribution is 7.89. The van der Waals surface area contributed by atoms with Gasteiger partial charge in [-0.05, 0) is 44.0 Å². The summed E-state index contributed by atoms with van der Waals surface area (Å²) < 4.78 is 33.0. The number of para-hydroxylation sites is 2. The maximum absolute atomic E-state index is 12.5. The van der Waals surface area contributed by atoms with E-state index in [1.54, 1.807) is 43.8 Å².